The van der Waals surface area contributed by atoms with Crippen LogP contribution in [0, 0.1) is 5.41 Å². The van der Waals surface area contributed by atoms with Crippen LogP contribution in [0.2, 0.25) is 0 Å². The van der Waals surface area contributed by atoms with Crippen molar-refractivity contribution in [2.45, 2.75) is 65.1 Å². The molecule has 0 aliphatic heterocycles. The first-order chi connectivity index (χ1) is 8.01. The van der Waals surface area contributed by atoms with Crippen LogP contribution in [-0.2, 0) is 9.53 Å². The van der Waals surface area contributed by atoms with E-state index in [1.165, 1.54) is 0 Å². The van der Waals surface area contributed by atoms with E-state index in [-0.39, 0.29) is 35.9 Å². The zero-order chi connectivity index (χ0) is 13.1. The van der Waals surface area contributed by atoms with Gasteiger partial charge >= 0.3 is 0 Å². The number of nitrogens with one attached hydrogen (secondary N) is 1. The van der Waals surface area contributed by atoms with Gasteiger partial charge in [0.2, 0.25) is 5.91 Å². The van der Waals surface area contributed by atoms with Crippen LogP contribution in [0.1, 0.15) is 47.0 Å². The molecule has 108 valence electrons. The third-order valence-corrected chi connectivity index (χ3v) is 4.20. The maximum absolute atomic E-state index is 11.7. The first kappa shape index (κ1) is 17.7. The maximum Gasteiger partial charge on any atom is 0.236 e. The number of carbonyl (C=O) groups excluding carboxylic acids is 1. The summed E-state index contributed by atoms with van der Waals surface area (Å²) in [5.74, 6) is -0.0591. The van der Waals surface area contributed by atoms with Crippen molar-refractivity contribution >= 4 is 18.3 Å². The van der Waals surface area contributed by atoms with Crippen molar-refractivity contribution in [3.05, 3.63) is 0 Å². The summed E-state index contributed by atoms with van der Waals surface area (Å²) in [6.45, 7) is 8.80. The van der Waals surface area contributed by atoms with Gasteiger partial charge in [-0.15, -0.1) is 12.4 Å². The average molecular weight is 279 g/mol. The quantitative estimate of drug-likeness (QED) is 0.779. The van der Waals surface area contributed by atoms with Gasteiger partial charge in [0.15, 0.2) is 0 Å². The molecule has 2 unspecified atom stereocenters. The molecule has 3 atom stereocenters. The Hall–Kier alpha value is -0.320. The van der Waals surface area contributed by atoms with E-state index in [1.807, 2.05) is 6.92 Å². The first-order valence-corrected chi connectivity index (χ1v) is 6.69. The van der Waals surface area contributed by atoms with Gasteiger partial charge < -0.3 is 15.8 Å². The molecule has 0 radical (unpaired) electrons. The number of hydrogen-bond acceptors (Lipinski definition) is 3. The molecule has 0 aromatic carbocycles. The highest BCUT2D eigenvalue weighted by Gasteiger charge is 2.53. The van der Waals surface area contributed by atoms with Gasteiger partial charge in [-0.1, -0.05) is 13.8 Å². The summed E-state index contributed by atoms with van der Waals surface area (Å²) in [6.07, 6.45) is 3.24. The first-order valence-electron chi connectivity index (χ1n) is 6.69. The Balaban J connectivity index is 0.00000289. The van der Waals surface area contributed by atoms with E-state index in [9.17, 15) is 4.79 Å². The van der Waals surface area contributed by atoms with Crippen LogP contribution in [0.25, 0.3) is 0 Å². The molecule has 1 aliphatic rings. The lowest BCUT2D eigenvalue weighted by Gasteiger charge is -2.55. The van der Waals surface area contributed by atoms with Gasteiger partial charge in [-0.2, -0.15) is 0 Å². The molecule has 1 saturated carbocycles. The number of rotatable bonds is 6. The zero-order valence-corrected chi connectivity index (χ0v) is 12.7. The Morgan fingerprint density at radius 1 is 1.44 bits per heavy atom. The molecule has 18 heavy (non-hydrogen) atoms. The number of carbonyl (C=O) groups is 1. The van der Waals surface area contributed by atoms with E-state index in [4.69, 9.17) is 10.5 Å². The van der Waals surface area contributed by atoms with Gasteiger partial charge in [-0.3, -0.25) is 4.79 Å². The molecule has 0 aromatic heterocycles. The molecule has 5 heteroatoms. The van der Waals surface area contributed by atoms with E-state index >= 15 is 0 Å². The molecule has 3 N–H and O–H groups in total. The van der Waals surface area contributed by atoms with Crippen molar-refractivity contribution in [2.75, 3.05) is 6.61 Å². The van der Waals surface area contributed by atoms with E-state index in [0.717, 1.165) is 25.9 Å². The fraction of sp³-hybridized carbons (Fsp3) is 0.923. The molecular weight excluding hydrogens is 252 g/mol. The lowest BCUT2D eigenvalue weighted by molar-refractivity contribution is -0.149. The van der Waals surface area contributed by atoms with Crippen LogP contribution >= 0.6 is 12.4 Å². The largest absolute Gasteiger partial charge is 0.378 e. The molecule has 0 spiro atoms. The average Bonchev–Trinajstić information content (AvgIpc) is 2.29. The molecule has 0 heterocycles. The summed E-state index contributed by atoms with van der Waals surface area (Å²) in [6, 6.07) is -0.222. The number of halogens is 1. The molecule has 0 bridgehead atoms. The predicted octanol–water partition coefficient (Wildman–Crippen LogP) is 1.86. The minimum atomic E-state index is -0.437. The summed E-state index contributed by atoms with van der Waals surface area (Å²) in [5.41, 5.74) is 5.68. The highest BCUT2D eigenvalue weighted by atomic mass is 35.5. The van der Waals surface area contributed by atoms with Crippen molar-refractivity contribution < 1.29 is 9.53 Å². The number of amides is 1. The van der Waals surface area contributed by atoms with Gasteiger partial charge in [0, 0.05) is 18.1 Å². The highest BCUT2D eigenvalue weighted by molar-refractivity contribution is 5.85. The second kappa shape index (κ2) is 7.31. The van der Waals surface area contributed by atoms with Crippen LogP contribution in [0.3, 0.4) is 0 Å². The zero-order valence-electron chi connectivity index (χ0n) is 11.9. The number of nitrogens with two attached hydrogens (primary N) is 1. The Labute approximate surface area is 116 Å². The summed E-state index contributed by atoms with van der Waals surface area (Å²) < 4.78 is 5.77. The van der Waals surface area contributed by atoms with E-state index in [2.05, 4.69) is 19.2 Å². The van der Waals surface area contributed by atoms with Crippen molar-refractivity contribution in [1.82, 2.24) is 5.32 Å². The lowest BCUT2D eigenvalue weighted by atomic mass is 9.58. The van der Waals surface area contributed by atoms with Gasteiger partial charge in [-0.25, -0.2) is 0 Å². The predicted molar refractivity (Wildman–Crippen MR) is 75.9 cm³/mol. The summed E-state index contributed by atoms with van der Waals surface area (Å²) in [5, 5.41) is 3.05. The van der Waals surface area contributed by atoms with E-state index < -0.39 is 6.04 Å². The van der Waals surface area contributed by atoms with Crippen molar-refractivity contribution in [3.63, 3.8) is 0 Å². The molecule has 1 rings (SSSR count). The Morgan fingerprint density at radius 2 is 2.00 bits per heavy atom. The molecule has 4 nitrogen and oxygen atoms in total. The van der Waals surface area contributed by atoms with Gasteiger partial charge in [-0.05, 0) is 33.1 Å². The van der Waals surface area contributed by atoms with Crippen LogP contribution < -0.4 is 11.1 Å². The molecule has 0 saturated heterocycles. The minimum Gasteiger partial charge on any atom is -0.378 e. The van der Waals surface area contributed by atoms with E-state index in [1.54, 1.807) is 6.92 Å². The topological polar surface area (TPSA) is 64.3 Å². The van der Waals surface area contributed by atoms with Gasteiger partial charge in [0.25, 0.3) is 0 Å². The molecular formula is C13H27ClN2O2. The Morgan fingerprint density at radius 3 is 2.39 bits per heavy atom. The number of ether oxygens (including phenoxy) is 1. The SMILES string of the molecule is CCOC1CC(NC(=O)[C@H](C)N)C1(CC)CC.Cl. The highest BCUT2D eigenvalue weighted by Crippen LogP contribution is 2.48. The van der Waals surface area contributed by atoms with Crippen LogP contribution in [0.15, 0.2) is 0 Å². The second-order valence-electron chi connectivity index (χ2n) is 4.97. The fourth-order valence-corrected chi connectivity index (χ4v) is 2.89. The Bertz CT molecular complexity index is 268. The lowest BCUT2D eigenvalue weighted by Crippen LogP contribution is -2.65. The summed E-state index contributed by atoms with van der Waals surface area (Å²) in [7, 11) is 0. The van der Waals surface area contributed by atoms with E-state index in [0.29, 0.717) is 0 Å². The standard InChI is InChI=1S/C13H26N2O2.ClH/c1-5-13(6-2)10(8-11(13)17-7-3)15-12(16)9(4)14;/h9-11H,5-8,14H2,1-4H3,(H,15,16);1H/t9-,10?,11?;/m0./s1. The minimum absolute atomic E-state index is 0. The molecule has 1 aliphatic carbocycles. The molecule has 1 amide bonds. The normalized spacial score (nSPS) is 26.7. The van der Waals surface area contributed by atoms with Gasteiger partial charge in [0.05, 0.1) is 12.1 Å². The summed E-state index contributed by atoms with van der Waals surface area (Å²) in [4.78, 5) is 11.7. The van der Waals surface area contributed by atoms with Crippen LogP contribution in [-0.4, -0.2) is 30.7 Å². The third-order valence-electron chi connectivity index (χ3n) is 4.20. The van der Waals surface area contributed by atoms with Gasteiger partial charge in [0.1, 0.15) is 0 Å². The monoisotopic (exact) mass is 278 g/mol. The smallest absolute Gasteiger partial charge is 0.236 e. The molecule has 0 aromatic rings. The van der Waals surface area contributed by atoms with Crippen molar-refractivity contribution in [2.24, 2.45) is 11.1 Å². The maximum atomic E-state index is 11.7. The summed E-state index contributed by atoms with van der Waals surface area (Å²) >= 11 is 0. The van der Waals surface area contributed by atoms with Crippen molar-refractivity contribution in [1.29, 1.82) is 0 Å². The Kier molecular flexibility index (Phi) is 7.18. The third kappa shape index (κ3) is 3.16. The number of hydrogen-bond donors (Lipinski definition) is 2. The second-order valence-corrected chi connectivity index (χ2v) is 4.97. The fourth-order valence-electron chi connectivity index (χ4n) is 2.89. The van der Waals surface area contributed by atoms with Crippen LogP contribution in [0.5, 0.6) is 0 Å². The van der Waals surface area contributed by atoms with Crippen LogP contribution in [0.4, 0.5) is 0 Å². The van der Waals surface area contributed by atoms with Crippen molar-refractivity contribution in [3.8, 4) is 0 Å². The molecule has 1 fully saturated rings.